The average molecular weight is 407 g/mol. The highest BCUT2D eigenvalue weighted by atomic mass is 35.5. The Labute approximate surface area is 175 Å². The van der Waals surface area contributed by atoms with Crippen molar-refractivity contribution in [2.45, 2.75) is 32.9 Å². The molecule has 1 atom stereocenters. The van der Waals surface area contributed by atoms with Crippen LogP contribution in [0.2, 0.25) is 5.02 Å². The molecule has 0 fully saturated rings. The van der Waals surface area contributed by atoms with Gasteiger partial charge in [0.25, 0.3) is 5.91 Å². The lowest BCUT2D eigenvalue weighted by atomic mass is 10.1. The summed E-state index contributed by atoms with van der Waals surface area (Å²) in [6.45, 7) is 4.95. The molecule has 29 heavy (non-hydrogen) atoms. The molecule has 0 spiro atoms. The Morgan fingerprint density at radius 1 is 1.00 bits per heavy atom. The highest BCUT2D eigenvalue weighted by molar-refractivity contribution is 6.30. The summed E-state index contributed by atoms with van der Waals surface area (Å²) < 4.78 is 8.14. The van der Waals surface area contributed by atoms with Crippen LogP contribution in [0.3, 0.4) is 0 Å². The predicted octanol–water partition coefficient (Wildman–Crippen LogP) is 6.26. The zero-order chi connectivity index (χ0) is 20.4. The third-order valence-corrected chi connectivity index (χ3v) is 5.33. The van der Waals surface area contributed by atoms with E-state index in [9.17, 15) is 4.79 Å². The molecule has 0 bridgehead atoms. The van der Waals surface area contributed by atoms with Crippen molar-refractivity contribution in [3.05, 3.63) is 71.8 Å². The summed E-state index contributed by atoms with van der Waals surface area (Å²) in [5, 5.41) is 5.90. The van der Waals surface area contributed by atoms with Crippen LogP contribution >= 0.6 is 11.6 Å². The van der Waals surface area contributed by atoms with Gasteiger partial charge in [-0.25, -0.2) is 0 Å². The van der Waals surface area contributed by atoms with Gasteiger partial charge in [0.15, 0.2) is 6.10 Å². The Morgan fingerprint density at radius 2 is 1.79 bits per heavy atom. The number of hydrogen-bond acceptors (Lipinski definition) is 2. The van der Waals surface area contributed by atoms with Gasteiger partial charge in [0.2, 0.25) is 0 Å². The number of aryl methyl sites for hydroxylation is 1. The largest absolute Gasteiger partial charge is 0.481 e. The molecular formula is C24H23ClN2O2. The Kier molecular flexibility index (Phi) is 5.45. The van der Waals surface area contributed by atoms with E-state index in [-0.39, 0.29) is 5.91 Å². The average Bonchev–Trinajstić information content (AvgIpc) is 3.05. The van der Waals surface area contributed by atoms with E-state index in [0.29, 0.717) is 17.2 Å². The molecule has 1 heterocycles. The zero-order valence-corrected chi connectivity index (χ0v) is 17.2. The van der Waals surface area contributed by atoms with Gasteiger partial charge in [-0.05, 0) is 55.8 Å². The van der Waals surface area contributed by atoms with Crippen LogP contribution in [0.15, 0.2) is 66.7 Å². The molecule has 3 aromatic carbocycles. The number of carbonyl (C=O) groups is 1. The van der Waals surface area contributed by atoms with E-state index < -0.39 is 6.10 Å². The topological polar surface area (TPSA) is 43.3 Å². The fourth-order valence-corrected chi connectivity index (χ4v) is 3.90. The van der Waals surface area contributed by atoms with Gasteiger partial charge in [0, 0.05) is 39.1 Å². The molecule has 0 aliphatic heterocycles. The number of hydrogen-bond donors (Lipinski definition) is 1. The lowest BCUT2D eigenvalue weighted by Crippen LogP contribution is -2.32. The van der Waals surface area contributed by atoms with E-state index in [1.807, 2.05) is 25.1 Å². The first kappa shape index (κ1) is 19.3. The number of ether oxygens (including phenoxy) is 1. The van der Waals surface area contributed by atoms with Crippen LogP contribution in [0.5, 0.6) is 5.75 Å². The van der Waals surface area contributed by atoms with Crippen molar-refractivity contribution in [1.29, 1.82) is 0 Å². The number of halogens is 1. The summed E-state index contributed by atoms with van der Waals surface area (Å²) in [5.41, 5.74) is 3.12. The number of aromatic nitrogens is 1. The fraction of sp³-hybridized carbons (Fsp3) is 0.208. The van der Waals surface area contributed by atoms with Crippen LogP contribution in [0.1, 0.15) is 20.3 Å². The smallest absolute Gasteiger partial charge is 0.265 e. The summed E-state index contributed by atoms with van der Waals surface area (Å²) in [7, 11) is 0. The monoisotopic (exact) mass is 406 g/mol. The first-order valence-electron chi connectivity index (χ1n) is 9.84. The van der Waals surface area contributed by atoms with Crippen molar-refractivity contribution in [3.63, 3.8) is 0 Å². The number of nitrogens with one attached hydrogen (secondary N) is 1. The van der Waals surface area contributed by atoms with Gasteiger partial charge in [-0.1, -0.05) is 42.8 Å². The molecule has 1 N–H and O–H groups in total. The van der Waals surface area contributed by atoms with Gasteiger partial charge >= 0.3 is 0 Å². The lowest BCUT2D eigenvalue weighted by Gasteiger charge is -2.17. The van der Waals surface area contributed by atoms with E-state index >= 15 is 0 Å². The van der Waals surface area contributed by atoms with Crippen LogP contribution in [-0.4, -0.2) is 16.6 Å². The molecule has 0 saturated heterocycles. The first-order chi connectivity index (χ1) is 14.1. The molecule has 0 saturated carbocycles. The van der Waals surface area contributed by atoms with Crippen LogP contribution < -0.4 is 10.1 Å². The summed E-state index contributed by atoms with van der Waals surface area (Å²) >= 11 is 6.02. The van der Waals surface area contributed by atoms with Crippen LogP contribution in [0.4, 0.5) is 5.69 Å². The first-order valence-corrected chi connectivity index (χ1v) is 10.2. The number of anilines is 1. The molecule has 0 aliphatic carbocycles. The third-order valence-electron chi connectivity index (χ3n) is 5.09. The molecule has 1 amide bonds. The molecule has 4 nitrogen and oxygen atoms in total. The van der Waals surface area contributed by atoms with Crippen molar-refractivity contribution >= 4 is 45.0 Å². The minimum atomic E-state index is -0.596. The number of benzene rings is 3. The lowest BCUT2D eigenvalue weighted by molar-refractivity contribution is -0.122. The molecule has 4 rings (SSSR count). The quantitative estimate of drug-likeness (QED) is 0.410. The molecule has 148 valence electrons. The fourth-order valence-electron chi connectivity index (χ4n) is 3.72. The number of para-hydroxylation sites is 1. The minimum absolute atomic E-state index is 0.175. The van der Waals surface area contributed by atoms with Crippen LogP contribution in [0, 0.1) is 0 Å². The van der Waals surface area contributed by atoms with E-state index in [1.165, 1.54) is 10.9 Å². The second-order valence-electron chi connectivity index (χ2n) is 6.95. The van der Waals surface area contributed by atoms with Crippen molar-refractivity contribution < 1.29 is 9.53 Å². The Bertz CT molecular complexity index is 1180. The van der Waals surface area contributed by atoms with Crippen molar-refractivity contribution in [3.8, 4) is 5.75 Å². The third kappa shape index (κ3) is 3.81. The normalized spacial score (nSPS) is 12.2. The van der Waals surface area contributed by atoms with E-state index in [4.69, 9.17) is 16.3 Å². The number of amides is 1. The Morgan fingerprint density at radius 3 is 2.55 bits per heavy atom. The van der Waals surface area contributed by atoms with Gasteiger partial charge in [-0.15, -0.1) is 0 Å². The molecule has 4 aromatic rings. The minimum Gasteiger partial charge on any atom is -0.481 e. The van der Waals surface area contributed by atoms with Gasteiger partial charge in [-0.2, -0.15) is 0 Å². The number of rotatable bonds is 6. The highest BCUT2D eigenvalue weighted by Crippen LogP contribution is 2.31. The van der Waals surface area contributed by atoms with Crippen molar-refractivity contribution in [1.82, 2.24) is 4.57 Å². The molecular weight excluding hydrogens is 384 g/mol. The Balaban J connectivity index is 1.61. The summed E-state index contributed by atoms with van der Waals surface area (Å²) in [6.07, 6.45) is -0.0448. The van der Waals surface area contributed by atoms with Gasteiger partial charge in [-0.3, -0.25) is 4.79 Å². The standard InChI is InChI=1S/C24H23ClN2O2/c1-3-23(29-18-9-7-8-16(25)14-18)24(28)26-17-12-13-22-20(15-17)19-10-5-6-11-21(19)27(22)4-2/h5-15,23H,3-4H2,1-2H3,(H,26,28)/t23-/m0/s1. The second kappa shape index (κ2) is 8.18. The number of nitrogens with zero attached hydrogens (tertiary/aromatic N) is 1. The second-order valence-corrected chi connectivity index (χ2v) is 7.39. The maximum absolute atomic E-state index is 12.8. The Hall–Kier alpha value is -2.98. The molecule has 5 heteroatoms. The SMILES string of the molecule is CC[C@H](Oc1cccc(Cl)c1)C(=O)Nc1ccc2c(c1)c1ccccc1n2CC. The van der Waals surface area contributed by atoms with Crippen LogP contribution in [0.25, 0.3) is 21.8 Å². The van der Waals surface area contributed by atoms with E-state index in [0.717, 1.165) is 23.1 Å². The molecule has 0 radical (unpaired) electrons. The van der Waals surface area contributed by atoms with Gasteiger partial charge < -0.3 is 14.6 Å². The summed E-state index contributed by atoms with van der Waals surface area (Å²) in [5.74, 6) is 0.409. The van der Waals surface area contributed by atoms with Crippen LogP contribution in [-0.2, 0) is 11.3 Å². The van der Waals surface area contributed by atoms with E-state index in [1.54, 1.807) is 24.3 Å². The maximum Gasteiger partial charge on any atom is 0.265 e. The number of fused-ring (bicyclic) bond motifs is 3. The van der Waals surface area contributed by atoms with Crippen molar-refractivity contribution in [2.24, 2.45) is 0 Å². The predicted molar refractivity (Wildman–Crippen MR) is 120 cm³/mol. The summed E-state index contributed by atoms with van der Waals surface area (Å²) in [4.78, 5) is 12.8. The number of carbonyl (C=O) groups excluding carboxylic acids is 1. The van der Waals surface area contributed by atoms with E-state index in [2.05, 4.69) is 41.1 Å². The molecule has 0 aliphatic rings. The highest BCUT2D eigenvalue weighted by Gasteiger charge is 2.19. The molecule has 1 aromatic heterocycles. The van der Waals surface area contributed by atoms with Crippen molar-refractivity contribution in [2.75, 3.05) is 5.32 Å². The molecule has 0 unspecified atom stereocenters. The van der Waals surface area contributed by atoms with Gasteiger partial charge in [0.05, 0.1) is 0 Å². The summed E-state index contributed by atoms with van der Waals surface area (Å²) in [6, 6.07) is 21.5. The van der Waals surface area contributed by atoms with Gasteiger partial charge in [0.1, 0.15) is 5.75 Å². The maximum atomic E-state index is 12.8. The zero-order valence-electron chi connectivity index (χ0n) is 16.5.